The number of aryl methyl sites for hydroxylation is 1. The van der Waals surface area contributed by atoms with Crippen molar-refractivity contribution in [3.8, 4) is 0 Å². The number of hydrogen-bond donors (Lipinski definition) is 1. The van der Waals surface area contributed by atoms with Gasteiger partial charge in [-0.3, -0.25) is 4.79 Å². The van der Waals surface area contributed by atoms with E-state index in [1.807, 2.05) is 6.92 Å². The van der Waals surface area contributed by atoms with E-state index in [9.17, 15) is 22.8 Å². The molecular weight excluding hydrogens is 395 g/mol. The Kier molecular flexibility index (Phi) is 6.85. The Hall–Kier alpha value is -2.80. The number of anilines is 1. The predicted octanol–water partition coefficient (Wildman–Crippen LogP) is 5.25. The largest absolute Gasteiger partial charge is 0.449 e. The van der Waals surface area contributed by atoms with Crippen molar-refractivity contribution in [3.63, 3.8) is 0 Å². The molecule has 0 aliphatic rings. The minimum atomic E-state index is -4.62. The third-order valence-electron chi connectivity index (χ3n) is 3.76. The molecule has 28 heavy (non-hydrogen) atoms. The molecule has 0 saturated heterocycles. The van der Waals surface area contributed by atoms with E-state index in [0.29, 0.717) is 10.6 Å². The van der Waals surface area contributed by atoms with E-state index in [1.165, 1.54) is 25.1 Å². The Labute approximate surface area is 165 Å². The molecule has 148 valence electrons. The van der Waals surface area contributed by atoms with Crippen LogP contribution < -0.4 is 5.32 Å². The number of ether oxygens (including phenoxy) is 1. The molecular formula is C20H17ClF3NO3. The predicted molar refractivity (Wildman–Crippen MR) is 101 cm³/mol. The van der Waals surface area contributed by atoms with Gasteiger partial charge in [-0.25, -0.2) is 4.79 Å². The molecule has 0 bridgehead atoms. The van der Waals surface area contributed by atoms with Crippen LogP contribution in [-0.4, -0.2) is 18.0 Å². The lowest BCUT2D eigenvalue weighted by Gasteiger charge is -2.16. The highest BCUT2D eigenvalue weighted by Gasteiger charge is 2.34. The summed E-state index contributed by atoms with van der Waals surface area (Å²) < 4.78 is 43.8. The standard InChI is InChI=1S/C20H17ClF3NO3/c1-12-7-8-14(11-16(12)21)9-10-18(26)28-13(2)19(27)25-17-6-4-3-5-15(17)20(22,23)24/h3-11,13H,1-2H3,(H,25,27)/b10-9+/t13-/m1/s1. The number of carbonyl (C=O) groups is 2. The molecule has 0 saturated carbocycles. The van der Waals surface area contributed by atoms with E-state index in [-0.39, 0.29) is 0 Å². The van der Waals surface area contributed by atoms with Crippen molar-refractivity contribution in [2.45, 2.75) is 26.1 Å². The number of benzene rings is 2. The maximum Gasteiger partial charge on any atom is 0.418 e. The van der Waals surface area contributed by atoms with Crippen molar-refractivity contribution in [2.24, 2.45) is 0 Å². The Morgan fingerprint density at radius 3 is 2.50 bits per heavy atom. The fraction of sp³-hybridized carbons (Fsp3) is 0.200. The molecule has 0 spiro atoms. The number of amides is 1. The van der Waals surface area contributed by atoms with Crippen LogP contribution in [0.3, 0.4) is 0 Å². The number of esters is 1. The average molecular weight is 412 g/mol. The minimum absolute atomic E-state index is 0.410. The normalized spacial score (nSPS) is 12.6. The van der Waals surface area contributed by atoms with Gasteiger partial charge in [-0.2, -0.15) is 13.2 Å². The van der Waals surface area contributed by atoms with Gasteiger partial charge in [0, 0.05) is 11.1 Å². The van der Waals surface area contributed by atoms with Crippen LogP contribution in [0.1, 0.15) is 23.6 Å². The first kappa shape index (κ1) is 21.5. The smallest absolute Gasteiger partial charge is 0.418 e. The van der Waals surface area contributed by atoms with Crippen molar-refractivity contribution in [3.05, 3.63) is 70.3 Å². The summed E-state index contributed by atoms with van der Waals surface area (Å²) in [5.74, 6) is -1.69. The molecule has 0 heterocycles. The van der Waals surface area contributed by atoms with Gasteiger partial charge in [0.15, 0.2) is 6.10 Å². The highest BCUT2D eigenvalue weighted by molar-refractivity contribution is 6.31. The molecule has 1 atom stereocenters. The van der Waals surface area contributed by atoms with Crippen molar-refractivity contribution < 1.29 is 27.5 Å². The topological polar surface area (TPSA) is 55.4 Å². The van der Waals surface area contributed by atoms with Gasteiger partial charge in [-0.05, 0) is 49.2 Å². The fourth-order valence-corrected chi connectivity index (χ4v) is 2.41. The second-order valence-corrected chi connectivity index (χ2v) is 6.36. The zero-order valence-corrected chi connectivity index (χ0v) is 15.8. The third-order valence-corrected chi connectivity index (χ3v) is 4.17. The van der Waals surface area contributed by atoms with Crippen LogP contribution in [0.4, 0.5) is 18.9 Å². The Morgan fingerprint density at radius 1 is 1.18 bits per heavy atom. The third kappa shape index (κ3) is 5.85. The number of rotatable bonds is 5. The first-order valence-corrected chi connectivity index (χ1v) is 8.57. The quantitative estimate of drug-likeness (QED) is 0.540. The van der Waals surface area contributed by atoms with Crippen LogP contribution in [0.25, 0.3) is 6.08 Å². The minimum Gasteiger partial charge on any atom is -0.449 e. The molecule has 0 radical (unpaired) electrons. The first-order chi connectivity index (χ1) is 13.1. The van der Waals surface area contributed by atoms with Gasteiger partial charge in [0.2, 0.25) is 0 Å². The van der Waals surface area contributed by atoms with Gasteiger partial charge in [0.05, 0.1) is 11.3 Å². The number of halogens is 4. The van der Waals surface area contributed by atoms with E-state index in [1.54, 1.807) is 18.2 Å². The summed E-state index contributed by atoms with van der Waals surface area (Å²) in [7, 11) is 0. The lowest BCUT2D eigenvalue weighted by molar-refractivity contribution is -0.148. The van der Waals surface area contributed by atoms with E-state index in [4.69, 9.17) is 16.3 Å². The fourth-order valence-electron chi connectivity index (χ4n) is 2.22. The van der Waals surface area contributed by atoms with Crippen LogP contribution in [-0.2, 0) is 20.5 Å². The SMILES string of the molecule is Cc1ccc(/C=C/C(=O)O[C@H](C)C(=O)Nc2ccccc2C(F)(F)F)cc1Cl. The van der Waals surface area contributed by atoms with Gasteiger partial charge in [0.25, 0.3) is 5.91 Å². The van der Waals surface area contributed by atoms with Gasteiger partial charge in [-0.15, -0.1) is 0 Å². The second kappa shape index (κ2) is 8.93. The first-order valence-electron chi connectivity index (χ1n) is 8.20. The number of carbonyl (C=O) groups excluding carboxylic acids is 2. The summed E-state index contributed by atoms with van der Waals surface area (Å²) in [6.07, 6.45) is -3.35. The summed E-state index contributed by atoms with van der Waals surface area (Å²) >= 11 is 5.99. The highest BCUT2D eigenvalue weighted by atomic mass is 35.5. The van der Waals surface area contributed by atoms with E-state index >= 15 is 0 Å². The monoisotopic (exact) mass is 411 g/mol. The summed E-state index contributed by atoms with van der Waals surface area (Å²) in [5, 5.41) is 2.67. The molecule has 0 aromatic heterocycles. The van der Waals surface area contributed by atoms with Crippen LogP contribution in [0.5, 0.6) is 0 Å². The number of para-hydroxylation sites is 1. The second-order valence-electron chi connectivity index (χ2n) is 5.95. The van der Waals surface area contributed by atoms with Crippen molar-refractivity contribution in [2.75, 3.05) is 5.32 Å². The van der Waals surface area contributed by atoms with Gasteiger partial charge in [-0.1, -0.05) is 35.9 Å². The van der Waals surface area contributed by atoms with Gasteiger partial charge < -0.3 is 10.1 Å². The van der Waals surface area contributed by atoms with Crippen molar-refractivity contribution in [1.29, 1.82) is 0 Å². The summed E-state index contributed by atoms with van der Waals surface area (Å²) in [5.41, 5.74) is 0.139. The average Bonchev–Trinajstić information content (AvgIpc) is 2.62. The summed E-state index contributed by atoms with van der Waals surface area (Å²) in [6.45, 7) is 3.10. The van der Waals surface area contributed by atoms with Crippen molar-refractivity contribution in [1.82, 2.24) is 0 Å². The van der Waals surface area contributed by atoms with Crippen molar-refractivity contribution >= 4 is 35.2 Å². The number of nitrogens with one attached hydrogen (secondary N) is 1. The lowest BCUT2D eigenvalue weighted by atomic mass is 10.1. The summed E-state index contributed by atoms with van der Waals surface area (Å²) in [4.78, 5) is 23.9. The van der Waals surface area contributed by atoms with Crippen LogP contribution >= 0.6 is 11.6 Å². The molecule has 1 N–H and O–H groups in total. The zero-order chi connectivity index (χ0) is 20.9. The molecule has 2 aromatic carbocycles. The molecule has 2 aromatic rings. The molecule has 0 aliphatic carbocycles. The summed E-state index contributed by atoms with van der Waals surface area (Å²) in [6, 6.07) is 9.72. The number of hydrogen-bond acceptors (Lipinski definition) is 3. The maximum atomic E-state index is 13.0. The Balaban J connectivity index is 1.99. The lowest BCUT2D eigenvalue weighted by Crippen LogP contribution is -2.30. The van der Waals surface area contributed by atoms with Crippen LogP contribution in [0.15, 0.2) is 48.5 Å². The van der Waals surface area contributed by atoms with Gasteiger partial charge >= 0.3 is 12.1 Å². The molecule has 8 heteroatoms. The highest BCUT2D eigenvalue weighted by Crippen LogP contribution is 2.34. The molecule has 0 aliphatic heterocycles. The van der Waals surface area contributed by atoms with E-state index in [2.05, 4.69) is 5.32 Å². The Morgan fingerprint density at radius 2 is 1.86 bits per heavy atom. The Bertz CT molecular complexity index is 910. The molecule has 1 amide bonds. The molecule has 4 nitrogen and oxygen atoms in total. The maximum absolute atomic E-state index is 13.0. The number of alkyl halides is 3. The molecule has 0 fully saturated rings. The molecule has 0 unspecified atom stereocenters. The van der Waals surface area contributed by atoms with Gasteiger partial charge in [0.1, 0.15) is 0 Å². The van der Waals surface area contributed by atoms with Crippen LogP contribution in [0.2, 0.25) is 5.02 Å². The zero-order valence-electron chi connectivity index (χ0n) is 15.0. The molecule has 2 rings (SSSR count). The van der Waals surface area contributed by atoms with E-state index < -0.39 is 35.4 Å². The van der Waals surface area contributed by atoms with E-state index in [0.717, 1.165) is 23.8 Å². The van der Waals surface area contributed by atoms with Crippen LogP contribution in [0, 0.1) is 6.92 Å².